The molecule has 0 aromatic carbocycles. The summed E-state index contributed by atoms with van der Waals surface area (Å²) < 4.78 is 6.82. The number of rotatable bonds is 4. The van der Waals surface area contributed by atoms with Crippen LogP contribution >= 0.6 is 0 Å². The number of nitrogens with zero attached hydrogens (tertiary/aromatic N) is 4. The number of ether oxygens (including phenoxy) is 1. The fourth-order valence-corrected chi connectivity index (χ4v) is 2.30. The van der Waals surface area contributed by atoms with Crippen molar-refractivity contribution in [2.24, 2.45) is 0 Å². The molecule has 0 amide bonds. The first-order valence-corrected chi connectivity index (χ1v) is 6.77. The summed E-state index contributed by atoms with van der Waals surface area (Å²) in [6, 6.07) is 5.01. The second-order valence-electron chi connectivity index (χ2n) is 4.82. The van der Waals surface area contributed by atoms with Gasteiger partial charge in [0.25, 0.3) is 0 Å². The first-order chi connectivity index (χ1) is 10.2. The van der Waals surface area contributed by atoms with Crippen LogP contribution in [0.1, 0.15) is 16.1 Å². The van der Waals surface area contributed by atoms with E-state index < -0.39 is 5.97 Å². The second-order valence-corrected chi connectivity index (χ2v) is 4.82. The summed E-state index contributed by atoms with van der Waals surface area (Å²) in [6.07, 6.45) is 3.30. The number of carboxylic acid groups (broad SMARTS) is 1. The quantitative estimate of drug-likeness (QED) is 0.896. The number of hydrogen-bond acceptors (Lipinski definition) is 5. The van der Waals surface area contributed by atoms with Crippen LogP contribution in [0.5, 0.6) is 0 Å². The molecule has 0 radical (unpaired) electrons. The summed E-state index contributed by atoms with van der Waals surface area (Å²) in [7, 11) is 0. The molecule has 0 saturated carbocycles. The van der Waals surface area contributed by atoms with Crippen molar-refractivity contribution in [3.05, 3.63) is 41.9 Å². The van der Waals surface area contributed by atoms with Gasteiger partial charge in [-0.3, -0.25) is 4.90 Å². The second kappa shape index (κ2) is 6.02. The average Bonchev–Trinajstić information content (AvgIpc) is 2.96. The molecule has 1 aliphatic rings. The minimum Gasteiger partial charge on any atom is -0.478 e. The van der Waals surface area contributed by atoms with E-state index in [-0.39, 0.29) is 5.56 Å². The maximum absolute atomic E-state index is 11.2. The van der Waals surface area contributed by atoms with Crippen molar-refractivity contribution in [1.82, 2.24) is 19.7 Å². The van der Waals surface area contributed by atoms with Crippen LogP contribution in [0.15, 0.2) is 30.6 Å². The van der Waals surface area contributed by atoms with E-state index in [1.165, 1.54) is 10.7 Å². The zero-order valence-corrected chi connectivity index (χ0v) is 11.5. The highest BCUT2D eigenvalue weighted by Crippen LogP contribution is 2.12. The van der Waals surface area contributed by atoms with Gasteiger partial charge in [-0.25, -0.2) is 14.5 Å². The maximum Gasteiger partial charge on any atom is 0.339 e. The van der Waals surface area contributed by atoms with Crippen LogP contribution in [0, 0.1) is 0 Å². The highest BCUT2D eigenvalue weighted by molar-refractivity contribution is 5.90. The molecule has 7 heteroatoms. The molecule has 1 fully saturated rings. The van der Waals surface area contributed by atoms with Gasteiger partial charge in [0, 0.05) is 32.0 Å². The lowest BCUT2D eigenvalue weighted by molar-refractivity contribution is 0.0336. The van der Waals surface area contributed by atoms with Gasteiger partial charge in [-0.15, -0.1) is 0 Å². The van der Waals surface area contributed by atoms with Gasteiger partial charge in [-0.1, -0.05) is 0 Å². The number of carboxylic acids is 1. The predicted molar refractivity (Wildman–Crippen MR) is 74.4 cm³/mol. The summed E-state index contributed by atoms with van der Waals surface area (Å²) in [5, 5.41) is 13.6. The third-order valence-corrected chi connectivity index (χ3v) is 3.37. The van der Waals surface area contributed by atoms with E-state index in [1.807, 2.05) is 6.07 Å². The Morgan fingerprint density at radius 1 is 1.33 bits per heavy atom. The zero-order valence-electron chi connectivity index (χ0n) is 11.5. The molecule has 1 N–H and O–H groups in total. The molecule has 0 aliphatic carbocycles. The lowest BCUT2D eigenvalue weighted by Crippen LogP contribution is -2.35. The van der Waals surface area contributed by atoms with Crippen molar-refractivity contribution >= 4 is 5.97 Å². The van der Waals surface area contributed by atoms with Crippen LogP contribution in [-0.2, 0) is 11.3 Å². The summed E-state index contributed by atoms with van der Waals surface area (Å²) in [6.45, 7) is 3.98. The minimum atomic E-state index is -1.01. The third kappa shape index (κ3) is 3.09. The number of hydrogen-bond donors (Lipinski definition) is 1. The fraction of sp³-hybridized carbons (Fsp3) is 0.357. The molecule has 110 valence electrons. The highest BCUT2D eigenvalue weighted by Gasteiger charge is 2.15. The van der Waals surface area contributed by atoms with E-state index >= 15 is 0 Å². The van der Waals surface area contributed by atoms with Crippen LogP contribution in [0.25, 0.3) is 5.82 Å². The molecule has 0 spiro atoms. The zero-order chi connectivity index (χ0) is 14.7. The number of aromatic carboxylic acids is 1. The molecule has 2 aromatic rings. The van der Waals surface area contributed by atoms with Crippen LogP contribution in [0.2, 0.25) is 0 Å². The molecule has 1 saturated heterocycles. The van der Waals surface area contributed by atoms with Crippen LogP contribution in [0.3, 0.4) is 0 Å². The van der Waals surface area contributed by atoms with Gasteiger partial charge in [-0.2, -0.15) is 5.10 Å². The van der Waals surface area contributed by atoms with Crippen molar-refractivity contribution < 1.29 is 14.6 Å². The largest absolute Gasteiger partial charge is 0.478 e. The Morgan fingerprint density at radius 3 is 2.90 bits per heavy atom. The molecular formula is C14H16N4O3. The Morgan fingerprint density at radius 2 is 2.14 bits per heavy atom. The van der Waals surface area contributed by atoms with Gasteiger partial charge in [0.1, 0.15) is 5.56 Å². The Kier molecular flexibility index (Phi) is 3.94. The van der Waals surface area contributed by atoms with Gasteiger partial charge in [-0.05, 0) is 18.2 Å². The molecule has 0 bridgehead atoms. The summed E-state index contributed by atoms with van der Waals surface area (Å²) >= 11 is 0. The van der Waals surface area contributed by atoms with Crippen LogP contribution in [-0.4, -0.2) is 57.0 Å². The third-order valence-electron chi connectivity index (χ3n) is 3.37. The lowest BCUT2D eigenvalue weighted by atomic mass is 10.2. The van der Waals surface area contributed by atoms with Gasteiger partial charge < -0.3 is 9.84 Å². The number of carbonyl (C=O) groups is 1. The van der Waals surface area contributed by atoms with Crippen LogP contribution < -0.4 is 0 Å². The summed E-state index contributed by atoms with van der Waals surface area (Å²) in [5.41, 5.74) is 1.03. The van der Waals surface area contributed by atoms with Crippen molar-refractivity contribution in [3.63, 3.8) is 0 Å². The number of pyridine rings is 1. The molecule has 21 heavy (non-hydrogen) atoms. The van der Waals surface area contributed by atoms with E-state index in [1.54, 1.807) is 18.5 Å². The smallest absolute Gasteiger partial charge is 0.339 e. The first-order valence-electron chi connectivity index (χ1n) is 6.77. The Labute approximate surface area is 121 Å². The van der Waals surface area contributed by atoms with Crippen molar-refractivity contribution in [2.75, 3.05) is 26.3 Å². The molecule has 0 unspecified atom stereocenters. The monoisotopic (exact) mass is 288 g/mol. The minimum absolute atomic E-state index is 0.138. The fourth-order valence-electron chi connectivity index (χ4n) is 2.30. The summed E-state index contributed by atoms with van der Waals surface area (Å²) in [5.74, 6) is -0.679. The highest BCUT2D eigenvalue weighted by atomic mass is 16.5. The molecule has 0 atom stereocenters. The average molecular weight is 288 g/mol. The van der Waals surface area contributed by atoms with E-state index in [4.69, 9.17) is 4.74 Å². The Balaban J connectivity index is 1.80. The van der Waals surface area contributed by atoms with E-state index in [0.717, 1.165) is 38.5 Å². The summed E-state index contributed by atoms with van der Waals surface area (Å²) in [4.78, 5) is 17.6. The predicted octanol–water partition coefficient (Wildman–Crippen LogP) is 0.798. The Bertz CT molecular complexity index is 635. The van der Waals surface area contributed by atoms with Crippen molar-refractivity contribution in [1.29, 1.82) is 0 Å². The normalized spacial score (nSPS) is 16.0. The van der Waals surface area contributed by atoms with E-state index in [2.05, 4.69) is 15.0 Å². The van der Waals surface area contributed by atoms with Gasteiger partial charge in [0.15, 0.2) is 5.82 Å². The first kappa shape index (κ1) is 13.7. The number of aromatic nitrogens is 3. The van der Waals surface area contributed by atoms with Gasteiger partial charge >= 0.3 is 5.97 Å². The number of morpholine rings is 1. The molecule has 1 aliphatic heterocycles. The molecule has 2 aromatic heterocycles. The van der Waals surface area contributed by atoms with Crippen molar-refractivity contribution in [2.45, 2.75) is 6.54 Å². The molecule has 3 rings (SSSR count). The lowest BCUT2D eigenvalue weighted by Gasteiger charge is -2.25. The van der Waals surface area contributed by atoms with E-state index in [9.17, 15) is 9.90 Å². The van der Waals surface area contributed by atoms with Crippen LogP contribution in [0.4, 0.5) is 0 Å². The SMILES string of the molecule is O=C(O)c1cccnc1-n1ccc(CN2CCOCC2)n1. The van der Waals surface area contributed by atoms with Gasteiger partial charge in [0.2, 0.25) is 0 Å². The molecule has 7 nitrogen and oxygen atoms in total. The topological polar surface area (TPSA) is 80.5 Å². The standard InChI is InChI=1S/C14H16N4O3/c19-14(20)12-2-1-4-15-13(12)18-5-3-11(16-18)10-17-6-8-21-9-7-17/h1-5H,6-10H2,(H,19,20). The molecular weight excluding hydrogens is 272 g/mol. The van der Waals surface area contributed by atoms with E-state index in [0.29, 0.717) is 5.82 Å². The molecule has 3 heterocycles. The Hall–Kier alpha value is -2.25. The maximum atomic E-state index is 11.2. The van der Waals surface area contributed by atoms with Crippen molar-refractivity contribution in [3.8, 4) is 5.82 Å². The van der Waals surface area contributed by atoms with Gasteiger partial charge in [0.05, 0.1) is 18.9 Å².